The number of nitrogens with zero attached hydrogens (tertiary/aromatic N) is 2. The summed E-state index contributed by atoms with van der Waals surface area (Å²) in [5, 5.41) is 4.79. The standard InChI is InChI=1S/C25H18N2O/c1-13-12-26-23-18-7-5-4-6-16(18)17-10-11-19-20-9-8-14(2)27-25(20)28-24(19)22(17)21(23)15(13)3/h4-12H,1-3H3/i1D3,3D3. The van der Waals surface area contributed by atoms with Crippen molar-refractivity contribution in [3.63, 3.8) is 0 Å². The van der Waals surface area contributed by atoms with Crippen LogP contribution < -0.4 is 0 Å². The van der Waals surface area contributed by atoms with Crippen molar-refractivity contribution >= 4 is 54.5 Å². The van der Waals surface area contributed by atoms with Gasteiger partial charge in [-0.2, -0.15) is 0 Å². The van der Waals surface area contributed by atoms with Gasteiger partial charge in [0.2, 0.25) is 5.71 Å². The number of fused-ring (bicyclic) bond motifs is 10. The lowest BCUT2D eigenvalue weighted by atomic mass is 9.92. The third kappa shape index (κ3) is 1.88. The highest BCUT2D eigenvalue weighted by molar-refractivity contribution is 6.32. The molecule has 0 unspecified atom stereocenters. The fourth-order valence-corrected chi connectivity index (χ4v) is 4.17. The largest absolute Gasteiger partial charge is 0.437 e. The first-order valence-corrected chi connectivity index (χ1v) is 9.02. The molecular weight excluding hydrogens is 344 g/mol. The minimum Gasteiger partial charge on any atom is -0.437 e. The summed E-state index contributed by atoms with van der Waals surface area (Å²) in [6.45, 7) is -3.47. The molecule has 0 aliphatic heterocycles. The Labute approximate surface area is 170 Å². The first kappa shape index (κ1) is 10.8. The molecule has 3 nitrogen and oxygen atoms in total. The lowest BCUT2D eigenvalue weighted by molar-refractivity contribution is 0.656. The highest BCUT2D eigenvalue weighted by Gasteiger charge is 2.18. The number of aromatic nitrogens is 2. The second-order valence-corrected chi connectivity index (χ2v) is 7.09. The molecule has 0 saturated carbocycles. The topological polar surface area (TPSA) is 38.9 Å². The van der Waals surface area contributed by atoms with Crippen molar-refractivity contribution in [2.24, 2.45) is 0 Å². The Balaban J connectivity index is 2.00. The minimum absolute atomic E-state index is 0.217. The smallest absolute Gasteiger partial charge is 0.227 e. The molecular formula is C25H18N2O. The van der Waals surface area contributed by atoms with Gasteiger partial charge in [-0.25, -0.2) is 4.98 Å². The van der Waals surface area contributed by atoms with E-state index in [1.807, 2.05) is 55.5 Å². The molecule has 0 aliphatic carbocycles. The van der Waals surface area contributed by atoms with Crippen molar-refractivity contribution in [2.45, 2.75) is 20.6 Å². The number of aryl methyl sites for hydroxylation is 3. The van der Waals surface area contributed by atoms with Crippen LogP contribution in [0.1, 0.15) is 25.0 Å². The van der Waals surface area contributed by atoms with Crippen LogP contribution in [0.2, 0.25) is 0 Å². The van der Waals surface area contributed by atoms with Gasteiger partial charge >= 0.3 is 0 Å². The van der Waals surface area contributed by atoms with E-state index in [0.717, 1.165) is 32.6 Å². The van der Waals surface area contributed by atoms with Gasteiger partial charge in [0, 0.05) is 47.0 Å². The van der Waals surface area contributed by atoms with Gasteiger partial charge in [-0.15, -0.1) is 0 Å². The number of hydrogen-bond acceptors (Lipinski definition) is 3. The molecule has 0 amide bonds. The molecule has 3 aromatic heterocycles. The van der Waals surface area contributed by atoms with Gasteiger partial charge in [0.25, 0.3) is 0 Å². The van der Waals surface area contributed by atoms with Crippen LogP contribution in [0.4, 0.5) is 0 Å². The van der Waals surface area contributed by atoms with Gasteiger partial charge in [-0.1, -0.05) is 30.3 Å². The van der Waals surface area contributed by atoms with Crippen molar-refractivity contribution < 1.29 is 12.6 Å². The third-order valence-electron chi connectivity index (χ3n) is 5.45. The Bertz CT molecular complexity index is 1800. The van der Waals surface area contributed by atoms with Gasteiger partial charge in [-0.3, -0.25) is 4.98 Å². The van der Waals surface area contributed by atoms with Gasteiger partial charge in [0.1, 0.15) is 5.58 Å². The van der Waals surface area contributed by atoms with Crippen molar-refractivity contribution in [2.75, 3.05) is 0 Å². The normalized spacial score (nSPS) is 16.2. The molecule has 0 bridgehead atoms. The average Bonchev–Trinajstić information content (AvgIpc) is 3.14. The summed E-state index contributed by atoms with van der Waals surface area (Å²) in [6, 6.07) is 15.3. The van der Waals surface area contributed by atoms with Crippen LogP contribution in [0.5, 0.6) is 0 Å². The van der Waals surface area contributed by atoms with Crippen LogP contribution in [0.3, 0.4) is 0 Å². The Morgan fingerprint density at radius 3 is 2.50 bits per heavy atom. The van der Waals surface area contributed by atoms with Gasteiger partial charge < -0.3 is 4.42 Å². The van der Waals surface area contributed by atoms with Crippen molar-refractivity contribution in [1.29, 1.82) is 0 Å². The summed E-state index contributed by atoms with van der Waals surface area (Å²) in [7, 11) is 0. The summed E-state index contributed by atoms with van der Waals surface area (Å²) >= 11 is 0. The lowest BCUT2D eigenvalue weighted by Gasteiger charge is -2.13. The molecule has 28 heavy (non-hydrogen) atoms. The molecule has 0 fully saturated rings. The molecule has 3 heterocycles. The van der Waals surface area contributed by atoms with Crippen molar-refractivity contribution in [3.05, 3.63) is 71.5 Å². The average molecular weight is 368 g/mol. The van der Waals surface area contributed by atoms with E-state index in [1.54, 1.807) is 0 Å². The molecule has 3 aromatic carbocycles. The quantitative estimate of drug-likeness (QED) is 0.278. The minimum atomic E-state index is -2.69. The van der Waals surface area contributed by atoms with E-state index in [-0.39, 0.29) is 16.5 Å². The van der Waals surface area contributed by atoms with Gasteiger partial charge in [0.05, 0.1) is 5.52 Å². The van der Waals surface area contributed by atoms with E-state index in [0.29, 0.717) is 22.2 Å². The first-order chi connectivity index (χ1) is 16.1. The maximum Gasteiger partial charge on any atom is 0.227 e. The molecule has 6 aromatic rings. The Morgan fingerprint density at radius 1 is 0.821 bits per heavy atom. The molecule has 0 N–H and O–H groups in total. The van der Waals surface area contributed by atoms with E-state index in [1.165, 1.54) is 6.20 Å². The number of furan rings is 1. The maximum absolute atomic E-state index is 8.32. The van der Waals surface area contributed by atoms with Crippen LogP contribution >= 0.6 is 0 Å². The molecule has 0 atom stereocenters. The summed E-state index contributed by atoms with van der Waals surface area (Å²) in [5.74, 6) is 0. The maximum atomic E-state index is 8.32. The van der Waals surface area contributed by atoms with E-state index in [4.69, 9.17) is 12.6 Å². The number of hydrogen-bond donors (Lipinski definition) is 0. The van der Waals surface area contributed by atoms with Gasteiger partial charge in [-0.05, 0) is 60.7 Å². The molecule has 3 heteroatoms. The van der Waals surface area contributed by atoms with E-state index >= 15 is 0 Å². The Kier molecular flexibility index (Phi) is 2.03. The summed E-state index contributed by atoms with van der Waals surface area (Å²) in [4.78, 5) is 9.01. The molecule has 0 radical (unpaired) electrons. The number of benzene rings is 3. The molecule has 0 aliphatic rings. The van der Waals surface area contributed by atoms with E-state index < -0.39 is 13.7 Å². The zero-order chi connectivity index (χ0) is 24.0. The van der Waals surface area contributed by atoms with E-state index in [2.05, 4.69) is 9.97 Å². The number of rotatable bonds is 0. The summed E-state index contributed by atoms with van der Waals surface area (Å²) in [6.07, 6.45) is 1.18. The number of pyridine rings is 2. The van der Waals surface area contributed by atoms with Crippen molar-refractivity contribution in [3.8, 4) is 0 Å². The second-order valence-electron chi connectivity index (χ2n) is 7.09. The van der Waals surface area contributed by atoms with Crippen molar-refractivity contribution in [1.82, 2.24) is 9.97 Å². The Hall–Kier alpha value is -3.46. The van der Waals surface area contributed by atoms with Crippen LogP contribution in [0, 0.1) is 20.6 Å². The zero-order valence-electron chi connectivity index (χ0n) is 21.0. The molecule has 0 spiro atoms. The molecule has 134 valence electrons. The predicted molar refractivity (Wildman–Crippen MR) is 116 cm³/mol. The highest BCUT2D eigenvalue weighted by Crippen LogP contribution is 2.42. The molecule has 6 rings (SSSR count). The predicted octanol–water partition coefficient (Wildman–Crippen LogP) is 6.76. The van der Waals surface area contributed by atoms with Gasteiger partial charge in [0.15, 0.2) is 0 Å². The summed E-state index contributed by atoms with van der Waals surface area (Å²) in [5.41, 5.74) is 1.64. The fourth-order valence-electron chi connectivity index (χ4n) is 4.17. The van der Waals surface area contributed by atoms with E-state index in [9.17, 15) is 0 Å². The van der Waals surface area contributed by atoms with Crippen LogP contribution in [0.25, 0.3) is 54.5 Å². The second kappa shape index (κ2) is 5.29. The first-order valence-electron chi connectivity index (χ1n) is 12.0. The van der Waals surface area contributed by atoms with Crippen LogP contribution in [-0.4, -0.2) is 9.97 Å². The van der Waals surface area contributed by atoms with Crippen LogP contribution in [0.15, 0.2) is 59.1 Å². The third-order valence-corrected chi connectivity index (χ3v) is 5.45. The summed E-state index contributed by atoms with van der Waals surface area (Å²) < 4.78 is 55.3. The molecule has 0 saturated heterocycles. The zero-order valence-corrected chi connectivity index (χ0v) is 15.0. The van der Waals surface area contributed by atoms with Crippen LogP contribution in [-0.2, 0) is 0 Å². The monoisotopic (exact) mass is 368 g/mol. The lowest BCUT2D eigenvalue weighted by Crippen LogP contribution is -1.92. The highest BCUT2D eigenvalue weighted by atomic mass is 16.3. The fraction of sp³-hybridized carbons (Fsp3) is 0.120. The Morgan fingerprint density at radius 2 is 1.64 bits per heavy atom. The SMILES string of the molecule is [2H]C([2H])([2H])c1cnc2c3ccccc3c3ccc4c5ccc(C)nc5oc4c3c2c1C([2H])([2H])[2H].